The van der Waals surface area contributed by atoms with Gasteiger partial charge in [0.1, 0.15) is 0 Å². The molecule has 0 amide bonds. The summed E-state index contributed by atoms with van der Waals surface area (Å²) in [4.78, 5) is 0. The van der Waals surface area contributed by atoms with Crippen LogP contribution in [-0.2, 0) is 11.3 Å². The fourth-order valence-corrected chi connectivity index (χ4v) is 1.08. The molecule has 1 aromatic carbocycles. The highest BCUT2D eigenvalue weighted by molar-refractivity contribution is 5.13. The minimum absolute atomic E-state index is 0.732. The Morgan fingerprint density at radius 3 is 2.46 bits per heavy atom. The van der Waals surface area contributed by atoms with Crippen LogP contribution in [0.25, 0.3) is 0 Å². The van der Waals surface area contributed by atoms with Crippen LogP contribution in [0.2, 0.25) is 0 Å². The molecule has 1 heteroatoms. The molecule has 72 valence electrons. The van der Waals surface area contributed by atoms with Crippen molar-refractivity contribution in [3.05, 3.63) is 35.9 Å². The molecule has 0 aromatic heterocycles. The molecule has 13 heavy (non-hydrogen) atoms. The fraction of sp³-hybridized carbons (Fsp3) is 0.500. The molecule has 0 N–H and O–H groups in total. The zero-order valence-corrected chi connectivity index (χ0v) is 8.49. The molecule has 0 atom stereocenters. The van der Waals surface area contributed by atoms with E-state index in [4.69, 9.17) is 4.74 Å². The fourth-order valence-electron chi connectivity index (χ4n) is 1.08. The van der Waals surface area contributed by atoms with Crippen molar-refractivity contribution in [2.75, 3.05) is 6.61 Å². The highest BCUT2D eigenvalue weighted by Gasteiger charge is 1.94. The molecule has 0 aliphatic heterocycles. The first-order chi connectivity index (χ1) is 6.29. The Morgan fingerprint density at radius 1 is 1.15 bits per heavy atom. The van der Waals surface area contributed by atoms with Crippen molar-refractivity contribution in [1.82, 2.24) is 0 Å². The van der Waals surface area contributed by atoms with Gasteiger partial charge in [0.05, 0.1) is 6.61 Å². The number of benzene rings is 1. The van der Waals surface area contributed by atoms with Crippen LogP contribution in [0.5, 0.6) is 0 Å². The predicted octanol–water partition coefficient (Wildman–Crippen LogP) is 3.25. The molecule has 1 rings (SSSR count). The average Bonchev–Trinajstić information content (AvgIpc) is 2.14. The lowest BCUT2D eigenvalue weighted by molar-refractivity contribution is 0.110. The first-order valence-corrected chi connectivity index (χ1v) is 4.90. The molecule has 0 unspecified atom stereocenters. The molecule has 0 aliphatic rings. The van der Waals surface area contributed by atoms with Gasteiger partial charge in [0.15, 0.2) is 0 Å². The second kappa shape index (κ2) is 5.76. The molecule has 1 aromatic rings. The van der Waals surface area contributed by atoms with Gasteiger partial charge in [-0.1, -0.05) is 44.2 Å². The van der Waals surface area contributed by atoms with Crippen LogP contribution in [0, 0.1) is 5.92 Å². The van der Waals surface area contributed by atoms with Crippen LogP contribution in [0.4, 0.5) is 0 Å². The Hall–Kier alpha value is -0.820. The standard InChI is InChI=1S/C12H18O/c1-11(2)8-9-13-10-12-6-4-3-5-7-12/h3-7,11H,8-10H2,1-2H3. The van der Waals surface area contributed by atoms with E-state index in [1.807, 2.05) is 18.2 Å². The maximum Gasteiger partial charge on any atom is 0.0716 e. The van der Waals surface area contributed by atoms with Gasteiger partial charge in [-0.3, -0.25) is 0 Å². The predicted molar refractivity (Wildman–Crippen MR) is 55.6 cm³/mol. The van der Waals surface area contributed by atoms with E-state index in [-0.39, 0.29) is 0 Å². The summed E-state index contributed by atoms with van der Waals surface area (Å²) in [6.45, 7) is 6.04. The summed E-state index contributed by atoms with van der Waals surface area (Å²) in [6.07, 6.45) is 1.15. The minimum atomic E-state index is 0.732. The smallest absolute Gasteiger partial charge is 0.0716 e. The van der Waals surface area contributed by atoms with Crippen molar-refractivity contribution in [3.63, 3.8) is 0 Å². The number of rotatable bonds is 5. The maximum atomic E-state index is 5.53. The van der Waals surface area contributed by atoms with E-state index in [1.165, 1.54) is 5.56 Å². The van der Waals surface area contributed by atoms with Crippen LogP contribution in [0.1, 0.15) is 25.8 Å². The highest BCUT2D eigenvalue weighted by atomic mass is 16.5. The van der Waals surface area contributed by atoms with Gasteiger partial charge in [0.25, 0.3) is 0 Å². The molecule has 0 saturated carbocycles. The van der Waals surface area contributed by atoms with Crippen LogP contribution in [0.3, 0.4) is 0 Å². The van der Waals surface area contributed by atoms with Crippen LogP contribution >= 0.6 is 0 Å². The Balaban J connectivity index is 2.13. The average molecular weight is 178 g/mol. The molecule has 0 heterocycles. The third-order valence-corrected chi connectivity index (χ3v) is 1.95. The lowest BCUT2D eigenvalue weighted by Gasteiger charge is -2.05. The molecule has 0 spiro atoms. The van der Waals surface area contributed by atoms with E-state index in [2.05, 4.69) is 26.0 Å². The van der Waals surface area contributed by atoms with Gasteiger partial charge in [-0.25, -0.2) is 0 Å². The quantitative estimate of drug-likeness (QED) is 0.629. The van der Waals surface area contributed by atoms with Gasteiger partial charge in [-0.2, -0.15) is 0 Å². The van der Waals surface area contributed by atoms with Gasteiger partial charge in [0, 0.05) is 6.61 Å². The summed E-state index contributed by atoms with van der Waals surface area (Å²) >= 11 is 0. The van der Waals surface area contributed by atoms with Crippen molar-refractivity contribution >= 4 is 0 Å². The molecule has 0 saturated heterocycles. The summed E-state index contributed by atoms with van der Waals surface area (Å²) in [5.41, 5.74) is 1.26. The Morgan fingerprint density at radius 2 is 1.85 bits per heavy atom. The summed E-state index contributed by atoms with van der Waals surface area (Å²) < 4.78 is 5.53. The molecular weight excluding hydrogens is 160 g/mol. The molecule has 0 fully saturated rings. The van der Waals surface area contributed by atoms with Crippen LogP contribution in [-0.4, -0.2) is 6.61 Å². The van der Waals surface area contributed by atoms with E-state index in [0.717, 1.165) is 25.6 Å². The molecule has 0 radical (unpaired) electrons. The van der Waals surface area contributed by atoms with E-state index in [0.29, 0.717) is 0 Å². The molecular formula is C12H18O. The maximum absolute atomic E-state index is 5.53. The summed E-state index contributed by atoms with van der Waals surface area (Å²) in [5, 5.41) is 0. The summed E-state index contributed by atoms with van der Waals surface area (Å²) in [6, 6.07) is 10.3. The van der Waals surface area contributed by atoms with Crippen molar-refractivity contribution in [3.8, 4) is 0 Å². The van der Waals surface area contributed by atoms with Gasteiger partial charge < -0.3 is 4.74 Å². The summed E-state index contributed by atoms with van der Waals surface area (Å²) in [7, 11) is 0. The Labute approximate surface area is 80.7 Å². The largest absolute Gasteiger partial charge is 0.377 e. The van der Waals surface area contributed by atoms with Crippen molar-refractivity contribution in [2.24, 2.45) is 5.92 Å². The monoisotopic (exact) mass is 178 g/mol. The second-order valence-electron chi connectivity index (χ2n) is 3.72. The lowest BCUT2D eigenvalue weighted by Crippen LogP contribution is -1.98. The van der Waals surface area contributed by atoms with Crippen LogP contribution in [0.15, 0.2) is 30.3 Å². The Kier molecular flexibility index (Phi) is 4.55. The topological polar surface area (TPSA) is 9.23 Å². The number of hydrogen-bond donors (Lipinski definition) is 0. The summed E-state index contributed by atoms with van der Waals surface area (Å²) in [5.74, 6) is 0.732. The third kappa shape index (κ3) is 4.69. The van der Waals surface area contributed by atoms with Gasteiger partial charge in [0.2, 0.25) is 0 Å². The first-order valence-electron chi connectivity index (χ1n) is 4.90. The van der Waals surface area contributed by atoms with Crippen molar-refractivity contribution in [2.45, 2.75) is 26.9 Å². The van der Waals surface area contributed by atoms with E-state index in [1.54, 1.807) is 0 Å². The highest BCUT2D eigenvalue weighted by Crippen LogP contribution is 2.03. The Bertz CT molecular complexity index is 216. The SMILES string of the molecule is CC(C)CCOCc1ccccc1. The number of ether oxygens (including phenoxy) is 1. The molecule has 0 bridgehead atoms. The molecule has 0 aliphatic carbocycles. The normalized spacial score (nSPS) is 10.7. The van der Waals surface area contributed by atoms with E-state index in [9.17, 15) is 0 Å². The van der Waals surface area contributed by atoms with Crippen molar-refractivity contribution in [1.29, 1.82) is 0 Å². The minimum Gasteiger partial charge on any atom is -0.377 e. The van der Waals surface area contributed by atoms with E-state index >= 15 is 0 Å². The second-order valence-corrected chi connectivity index (χ2v) is 3.72. The first kappa shape index (κ1) is 10.3. The van der Waals surface area contributed by atoms with Crippen molar-refractivity contribution < 1.29 is 4.74 Å². The molecule has 1 nitrogen and oxygen atoms in total. The van der Waals surface area contributed by atoms with E-state index < -0.39 is 0 Å². The number of hydrogen-bond acceptors (Lipinski definition) is 1. The van der Waals surface area contributed by atoms with Gasteiger partial charge >= 0.3 is 0 Å². The zero-order chi connectivity index (χ0) is 9.52. The van der Waals surface area contributed by atoms with Gasteiger partial charge in [-0.15, -0.1) is 0 Å². The van der Waals surface area contributed by atoms with Gasteiger partial charge in [-0.05, 0) is 17.9 Å². The third-order valence-electron chi connectivity index (χ3n) is 1.95. The zero-order valence-electron chi connectivity index (χ0n) is 8.49. The lowest BCUT2D eigenvalue weighted by atomic mass is 10.1. The van der Waals surface area contributed by atoms with Crippen LogP contribution < -0.4 is 0 Å².